The molecule has 1 aliphatic rings. The highest BCUT2D eigenvalue weighted by Crippen LogP contribution is 2.16. The molecule has 3 rings (SSSR count). The summed E-state index contributed by atoms with van der Waals surface area (Å²) in [6, 6.07) is 18.3. The van der Waals surface area contributed by atoms with Crippen LogP contribution in [-0.2, 0) is 6.54 Å². The third-order valence-electron chi connectivity index (χ3n) is 4.44. The number of benzene rings is 2. The van der Waals surface area contributed by atoms with E-state index in [1.54, 1.807) is 0 Å². The highest BCUT2D eigenvalue weighted by molar-refractivity contribution is 9.10. The molecule has 2 aromatic carbocycles. The number of nitrogens with zero attached hydrogens (tertiary/aromatic N) is 2. The highest BCUT2D eigenvalue weighted by Gasteiger charge is 2.19. The normalized spacial score (nSPS) is 16.1. The molecule has 150 valence electrons. The van der Waals surface area contributed by atoms with Gasteiger partial charge in [0.1, 0.15) is 18.5 Å². The van der Waals surface area contributed by atoms with Gasteiger partial charge in [0.25, 0.3) is 0 Å². The van der Waals surface area contributed by atoms with E-state index in [0.717, 1.165) is 42.9 Å². The molecular formula is C20H27BrCl2N2O2. The Morgan fingerprint density at radius 3 is 2.11 bits per heavy atom. The predicted molar refractivity (Wildman–Crippen MR) is 118 cm³/mol. The summed E-state index contributed by atoms with van der Waals surface area (Å²) in [5, 5.41) is 10.2. The van der Waals surface area contributed by atoms with Crippen molar-refractivity contribution in [2.45, 2.75) is 12.6 Å². The van der Waals surface area contributed by atoms with Crippen LogP contribution < -0.4 is 4.74 Å². The highest BCUT2D eigenvalue weighted by atomic mass is 79.9. The van der Waals surface area contributed by atoms with E-state index in [9.17, 15) is 5.11 Å². The summed E-state index contributed by atoms with van der Waals surface area (Å²) in [4.78, 5) is 4.79. The number of hydrogen-bond acceptors (Lipinski definition) is 4. The second kappa shape index (κ2) is 12.6. The van der Waals surface area contributed by atoms with Crippen molar-refractivity contribution in [1.82, 2.24) is 9.80 Å². The zero-order valence-corrected chi connectivity index (χ0v) is 18.4. The van der Waals surface area contributed by atoms with Gasteiger partial charge in [-0.1, -0.05) is 46.3 Å². The smallest absolute Gasteiger partial charge is 0.119 e. The van der Waals surface area contributed by atoms with Gasteiger partial charge in [0.15, 0.2) is 0 Å². The zero-order chi connectivity index (χ0) is 17.5. The van der Waals surface area contributed by atoms with Gasteiger partial charge in [0, 0.05) is 43.7 Å². The van der Waals surface area contributed by atoms with Crippen molar-refractivity contribution >= 4 is 40.7 Å². The van der Waals surface area contributed by atoms with E-state index in [1.165, 1.54) is 5.56 Å². The lowest BCUT2D eigenvalue weighted by Gasteiger charge is -2.35. The molecule has 0 radical (unpaired) electrons. The number of aliphatic hydroxyl groups excluding tert-OH is 1. The van der Waals surface area contributed by atoms with Crippen LogP contribution in [0, 0.1) is 0 Å². The van der Waals surface area contributed by atoms with Crippen LogP contribution in [-0.4, -0.2) is 60.3 Å². The molecular weight excluding hydrogens is 451 g/mol. The van der Waals surface area contributed by atoms with Crippen molar-refractivity contribution in [3.63, 3.8) is 0 Å². The van der Waals surface area contributed by atoms with E-state index in [1.807, 2.05) is 24.3 Å². The Hall–Kier alpha value is -0.820. The Morgan fingerprint density at radius 2 is 1.48 bits per heavy atom. The molecule has 0 bridgehead atoms. The van der Waals surface area contributed by atoms with E-state index < -0.39 is 6.10 Å². The summed E-state index contributed by atoms with van der Waals surface area (Å²) < 4.78 is 6.68. The largest absolute Gasteiger partial charge is 0.491 e. The standard InChI is InChI=1S/C20H25BrN2O2.2ClH/c21-18-6-8-20(9-7-18)25-16-19(24)15-23-12-10-22(11-13-23)14-17-4-2-1-3-5-17;;/h1-9,19,24H,10-16H2;2*1H. The molecule has 0 amide bonds. The lowest BCUT2D eigenvalue weighted by atomic mass is 10.2. The molecule has 0 aromatic heterocycles. The predicted octanol–water partition coefficient (Wildman–Crippen LogP) is 3.85. The summed E-state index contributed by atoms with van der Waals surface area (Å²) in [5.74, 6) is 0.787. The van der Waals surface area contributed by atoms with Crippen molar-refractivity contribution < 1.29 is 9.84 Å². The number of piperazine rings is 1. The minimum absolute atomic E-state index is 0. The summed E-state index contributed by atoms with van der Waals surface area (Å²) in [5.41, 5.74) is 1.36. The maximum Gasteiger partial charge on any atom is 0.119 e. The fourth-order valence-electron chi connectivity index (χ4n) is 3.05. The number of rotatable bonds is 7. The van der Waals surface area contributed by atoms with Crippen LogP contribution in [0.1, 0.15) is 5.56 Å². The molecule has 0 spiro atoms. The second-order valence-electron chi connectivity index (χ2n) is 6.48. The van der Waals surface area contributed by atoms with Gasteiger partial charge in [-0.25, -0.2) is 0 Å². The lowest BCUT2D eigenvalue weighted by Crippen LogP contribution is -2.48. The first-order valence-corrected chi connectivity index (χ1v) is 9.53. The SMILES string of the molecule is Cl.Cl.OC(COc1ccc(Br)cc1)CN1CCN(Cc2ccccc2)CC1. The Kier molecular flexibility index (Phi) is 11.3. The second-order valence-corrected chi connectivity index (χ2v) is 7.40. The van der Waals surface area contributed by atoms with E-state index in [2.05, 4.69) is 56.1 Å². The van der Waals surface area contributed by atoms with Crippen LogP contribution in [0.15, 0.2) is 59.1 Å². The third kappa shape index (κ3) is 8.38. The molecule has 2 aromatic rings. The van der Waals surface area contributed by atoms with E-state index >= 15 is 0 Å². The van der Waals surface area contributed by atoms with Crippen LogP contribution in [0.3, 0.4) is 0 Å². The number of hydrogen-bond donors (Lipinski definition) is 1. The molecule has 1 fully saturated rings. The molecule has 1 atom stereocenters. The summed E-state index contributed by atoms with van der Waals surface area (Å²) >= 11 is 3.40. The molecule has 1 N–H and O–H groups in total. The molecule has 4 nitrogen and oxygen atoms in total. The van der Waals surface area contributed by atoms with Crippen molar-refractivity contribution in [2.24, 2.45) is 0 Å². The minimum Gasteiger partial charge on any atom is -0.491 e. The van der Waals surface area contributed by atoms with E-state index in [4.69, 9.17) is 4.74 Å². The first-order chi connectivity index (χ1) is 12.2. The van der Waals surface area contributed by atoms with E-state index in [-0.39, 0.29) is 24.8 Å². The van der Waals surface area contributed by atoms with Crippen molar-refractivity contribution in [3.05, 3.63) is 64.6 Å². The topological polar surface area (TPSA) is 35.9 Å². The van der Waals surface area contributed by atoms with Crippen LogP contribution in [0.25, 0.3) is 0 Å². The van der Waals surface area contributed by atoms with Gasteiger partial charge in [-0.2, -0.15) is 0 Å². The van der Waals surface area contributed by atoms with Crippen LogP contribution in [0.5, 0.6) is 5.75 Å². The Morgan fingerprint density at radius 1 is 0.889 bits per heavy atom. The van der Waals surface area contributed by atoms with E-state index in [0.29, 0.717) is 13.2 Å². The summed E-state index contributed by atoms with van der Waals surface area (Å²) in [6.45, 7) is 6.04. The molecule has 27 heavy (non-hydrogen) atoms. The minimum atomic E-state index is -0.468. The maximum atomic E-state index is 10.2. The fourth-order valence-corrected chi connectivity index (χ4v) is 3.31. The maximum absolute atomic E-state index is 10.2. The average molecular weight is 478 g/mol. The summed E-state index contributed by atoms with van der Waals surface area (Å²) in [6.07, 6.45) is -0.468. The quantitative estimate of drug-likeness (QED) is 0.656. The lowest BCUT2D eigenvalue weighted by molar-refractivity contribution is 0.0446. The molecule has 1 saturated heterocycles. The Balaban J connectivity index is 0.00000182. The average Bonchev–Trinajstić information content (AvgIpc) is 2.64. The van der Waals surface area contributed by atoms with Crippen molar-refractivity contribution in [3.8, 4) is 5.75 Å². The molecule has 0 saturated carbocycles. The molecule has 0 aliphatic carbocycles. The fraction of sp³-hybridized carbons (Fsp3) is 0.400. The molecule has 1 aliphatic heterocycles. The van der Waals surface area contributed by atoms with Crippen LogP contribution >= 0.6 is 40.7 Å². The van der Waals surface area contributed by atoms with Crippen LogP contribution in [0.4, 0.5) is 0 Å². The van der Waals surface area contributed by atoms with Gasteiger partial charge in [0.05, 0.1) is 0 Å². The van der Waals surface area contributed by atoms with Gasteiger partial charge in [0.2, 0.25) is 0 Å². The number of halogens is 3. The molecule has 7 heteroatoms. The van der Waals surface area contributed by atoms with Crippen LogP contribution in [0.2, 0.25) is 0 Å². The van der Waals surface area contributed by atoms with Gasteiger partial charge in [-0.15, -0.1) is 24.8 Å². The van der Waals surface area contributed by atoms with Gasteiger partial charge >= 0.3 is 0 Å². The molecule has 1 unspecified atom stereocenters. The Bertz CT molecular complexity index is 638. The van der Waals surface area contributed by atoms with Gasteiger partial charge in [-0.05, 0) is 29.8 Å². The first-order valence-electron chi connectivity index (χ1n) is 8.74. The zero-order valence-electron chi connectivity index (χ0n) is 15.2. The van der Waals surface area contributed by atoms with Crippen molar-refractivity contribution in [1.29, 1.82) is 0 Å². The summed E-state index contributed by atoms with van der Waals surface area (Å²) in [7, 11) is 0. The Labute approximate surface area is 182 Å². The number of ether oxygens (including phenoxy) is 1. The first kappa shape index (κ1) is 24.2. The monoisotopic (exact) mass is 476 g/mol. The van der Waals surface area contributed by atoms with Gasteiger partial charge < -0.3 is 9.84 Å². The third-order valence-corrected chi connectivity index (χ3v) is 4.97. The number of β-amino-alcohol motifs (C(OH)–C–C–N with tert-alkyl or cyclic N) is 1. The molecule has 1 heterocycles. The number of aliphatic hydroxyl groups is 1. The van der Waals surface area contributed by atoms with Gasteiger partial charge in [-0.3, -0.25) is 9.80 Å². The van der Waals surface area contributed by atoms with Crippen molar-refractivity contribution in [2.75, 3.05) is 39.3 Å².